The van der Waals surface area contributed by atoms with Gasteiger partial charge in [0, 0.05) is 30.2 Å². The Bertz CT molecular complexity index is 809. The van der Waals surface area contributed by atoms with Gasteiger partial charge in [-0.2, -0.15) is 0 Å². The van der Waals surface area contributed by atoms with Gasteiger partial charge in [0.25, 0.3) is 0 Å². The highest BCUT2D eigenvalue weighted by molar-refractivity contribution is 5.98. The zero-order valence-electron chi connectivity index (χ0n) is 14.6. The molecule has 0 aromatic heterocycles. The third kappa shape index (κ3) is 3.99. The fraction of sp³-hybridized carbons (Fsp3) is 0.300. The minimum Gasteiger partial charge on any atom is -0.483 e. The third-order valence-electron chi connectivity index (χ3n) is 3.94. The van der Waals surface area contributed by atoms with Gasteiger partial charge in [-0.15, -0.1) is 0 Å². The average molecular weight is 339 g/mol. The number of carbonyl (C=O) groups excluding carboxylic acids is 2. The maximum Gasteiger partial charge on any atom is 0.221 e. The minimum absolute atomic E-state index is 0.0697. The van der Waals surface area contributed by atoms with Crippen LogP contribution >= 0.6 is 0 Å². The van der Waals surface area contributed by atoms with Crippen LogP contribution in [-0.4, -0.2) is 23.9 Å². The molecule has 0 saturated carbocycles. The molecule has 0 saturated heterocycles. The number of hydrogen-bond donors (Lipinski definition) is 1. The molecule has 130 valence electrons. The lowest BCUT2D eigenvalue weighted by Crippen LogP contribution is -2.24. The largest absolute Gasteiger partial charge is 0.483 e. The predicted octanol–water partition coefficient (Wildman–Crippen LogP) is 3.62. The van der Waals surface area contributed by atoms with E-state index in [9.17, 15) is 9.59 Å². The van der Waals surface area contributed by atoms with Gasteiger partial charge in [0.2, 0.25) is 5.91 Å². The first-order chi connectivity index (χ1) is 11.8. The van der Waals surface area contributed by atoms with Crippen LogP contribution in [0.3, 0.4) is 0 Å². The molecular weight excluding hydrogens is 318 g/mol. The maximum absolute atomic E-state index is 12.3. The van der Waals surface area contributed by atoms with Crippen molar-refractivity contribution in [3.05, 3.63) is 53.6 Å². The van der Waals surface area contributed by atoms with Crippen molar-refractivity contribution in [3.63, 3.8) is 0 Å². The van der Waals surface area contributed by atoms with Crippen LogP contribution in [0.4, 0.5) is 5.69 Å². The molecule has 0 bridgehead atoms. The van der Waals surface area contributed by atoms with Gasteiger partial charge in [0.05, 0.1) is 0 Å². The van der Waals surface area contributed by atoms with Crippen LogP contribution in [-0.2, 0) is 11.2 Å². The number of para-hydroxylation sites is 1. The number of hydrogen-bond acceptors (Lipinski definition) is 4. The summed E-state index contributed by atoms with van der Waals surface area (Å²) in [6, 6.07) is 12.5. The van der Waals surface area contributed by atoms with Crippen molar-refractivity contribution in [1.82, 2.24) is 0 Å². The van der Waals surface area contributed by atoms with Crippen LogP contribution in [0.5, 0.6) is 11.5 Å². The van der Waals surface area contributed by atoms with E-state index in [2.05, 4.69) is 5.32 Å². The summed E-state index contributed by atoms with van der Waals surface area (Å²) in [5, 5.41) is 2.67. The van der Waals surface area contributed by atoms with E-state index in [0.29, 0.717) is 17.0 Å². The van der Waals surface area contributed by atoms with Crippen molar-refractivity contribution >= 4 is 17.4 Å². The molecule has 3 rings (SSSR count). The molecule has 0 spiro atoms. The standard InChI is InChI=1S/C20H21NO4/c1-13(22)21-16-9-7-14(8-10-16)17(23)12-24-18-6-4-5-15-11-20(2,3)25-19(15)18/h4-10H,11-12H2,1-3H3,(H,21,22). The summed E-state index contributed by atoms with van der Waals surface area (Å²) in [6.07, 6.45) is 0.818. The molecule has 0 fully saturated rings. The van der Waals surface area contributed by atoms with Gasteiger partial charge >= 0.3 is 0 Å². The van der Waals surface area contributed by atoms with Gasteiger partial charge in [0.15, 0.2) is 23.9 Å². The second kappa shape index (κ2) is 6.59. The number of ether oxygens (including phenoxy) is 2. The van der Waals surface area contributed by atoms with Gasteiger partial charge in [-0.1, -0.05) is 12.1 Å². The maximum atomic E-state index is 12.3. The fourth-order valence-electron chi connectivity index (χ4n) is 2.87. The molecule has 5 heteroatoms. The first-order valence-electron chi connectivity index (χ1n) is 8.19. The summed E-state index contributed by atoms with van der Waals surface area (Å²) in [6.45, 7) is 5.42. The zero-order valence-corrected chi connectivity index (χ0v) is 14.6. The van der Waals surface area contributed by atoms with Crippen molar-refractivity contribution in [2.24, 2.45) is 0 Å². The molecule has 2 aromatic rings. The Morgan fingerprint density at radius 1 is 1.16 bits per heavy atom. The number of benzene rings is 2. The normalized spacial score (nSPS) is 14.4. The number of carbonyl (C=O) groups is 2. The average Bonchev–Trinajstić information content (AvgIpc) is 2.87. The van der Waals surface area contributed by atoms with Crippen molar-refractivity contribution in [1.29, 1.82) is 0 Å². The highest BCUT2D eigenvalue weighted by Crippen LogP contribution is 2.41. The number of ketones is 1. The van der Waals surface area contributed by atoms with Crippen LogP contribution in [0.2, 0.25) is 0 Å². The molecule has 0 unspecified atom stereocenters. The summed E-state index contributed by atoms with van der Waals surface area (Å²) in [5.41, 5.74) is 2.02. The molecule has 1 aliphatic heterocycles. The number of rotatable bonds is 5. The molecule has 1 N–H and O–H groups in total. The minimum atomic E-state index is -0.259. The van der Waals surface area contributed by atoms with E-state index in [1.54, 1.807) is 24.3 Å². The third-order valence-corrected chi connectivity index (χ3v) is 3.94. The lowest BCUT2D eigenvalue weighted by Gasteiger charge is -2.18. The molecule has 1 aliphatic rings. The highest BCUT2D eigenvalue weighted by Gasteiger charge is 2.32. The van der Waals surface area contributed by atoms with Crippen LogP contribution < -0.4 is 14.8 Å². The Kier molecular flexibility index (Phi) is 4.49. The number of fused-ring (bicyclic) bond motifs is 1. The smallest absolute Gasteiger partial charge is 0.221 e. The second-order valence-corrected chi connectivity index (χ2v) is 6.75. The molecule has 2 aromatic carbocycles. The van der Waals surface area contributed by atoms with Crippen molar-refractivity contribution in [2.75, 3.05) is 11.9 Å². The molecular formula is C20H21NO4. The number of amides is 1. The molecule has 1 heterocycles. The van der Waals surface area contributed by atoms with Gasteiger partial charge in [-0.3, -0.25) is 9.59 Å². The lowest BCUT2D eigenvalue weighted by molar-refractivity contribution is -0.114. The SMILES string of the molecule is CC(=O)Nc1ccc(C(=O)COc2cccc3c2OC(C)(C)C3)cc1. The van der Waals surface area contributed by atoms with E-state index < -0.39 is 0 Å². The van der Waals surface area contributed by atoms with E-state index in [-0.39, 0.29) is 23.9 Å². The summed E-state index contributed by atoms with van der Waals surface area (Å²) in [4.78, 5) is 23.3. The topological polar surface area (TPSA) is 64.6 Å². The van der Waals surface area contributed by atoms with Crippen molar-refractivity contribution in [3.8, 4) is 11.5 Å². The summed E-state index contributed by atoms with van der Waals surface area (Å²) in [7, 11) is 0. The summed E-state index contributed by atoms with van der Waals surface area (Å²) < 4.78 is 11.6. The second-order valence-electron chi connectivity index (χ2n) is 6.75. The first kappa shape index (κ1) is 17.0. The van der Waals surface area contributed by atoms with Crippen LogP contribution in [0, 0.1) is 0 Å². The van der Waals surface area contributed by atoms with E-state index in [1.165, 1.54) is 6.92 Å². The molecule has 0 atom stereocenters. The Balaban J connectivity index is 1.66. The van der Waals surface area contributed by atoms with Gasteiger partial charge in [0.1, 0.15) is 5.60 Å². The van der Waals surface area contributed by atoms with E-state index in [0.717, 1.165) is 17.7 Å². The number of anilines is 1. The fourth-order valence-corrected chi connectivity index (χ4v) is 2.87. The van der Waals surface area contributed by atoms with Crippen molar-refractivity contribution in [2.45, 2.75) is 32.8 Å². The summed E-state index contributed by atoms with van der Waals surface area (Å²) >= 11 is 0. The molecule has 1 amide bonds. The highest BCUT2D eigenvalue weighted by atomic mass is 16.5. The Morgan fingerprint density at radius 3 is 2.56 bits per heavy atom. The quantitative estimate of drug-likeness (QED) is 0.845. The Labute approximate surface area is 147 Å². The zero-order chi connectivity index (χ0) is 18.0. The van der Waals surface area contributed by atoms with Crippen LogP contribution in [0.1, 0.15) is 36.7 Å². The first-order valence-corrected chi connectivity index (χ1v) is 8.19. The van der Waals surface area contributed by atoms with E-state index >= 15 is 0 Å². The predicted molar refractivity (Wildman–Crippen MR) is 95.4 cm³/mol. The lowest BCUT2D eigenvalue weighted by atomic mass is 10.0. The monoisotopic (exact) mass is 339 g/mol. The molecule has 0 aliphatic carbocycles. The van der Waals surface area contributed by atoms with Gasteiger partial charge < -0.3 is 14.8 Å². The van der Waals surface area contributed by atoms with Crippen molar-refractivity contribution < 1.29 is 19.1 Å². The molecule has 25 heavy (non-hydrogen) atoms. The number of nitrogens with one attached hydrogen (secondary N) is 1. The van der Waals surface area contributed by atoms with Crippen LogP contribution in [0.15, 0.2) is 42.5 Å². The Morgan fingerprint density at radius 2 is 1.88 bits per heavy atom. The summed E-state index contributed by atoms with van der Waals surface area (Å²) in [5.74, 6) is 1.03. The van der Waals surface area contributed by atoms with Gasteiger partial charge in [-0.05, 0) is 44.2 Å². The number of Topliss-reactive ketones (excluding diaryl/α,β-unsaturated/α-hetero) is 1. The van der Waals surface area contributed by atoms with Gasteiger partial charge in [-0.25, -0.2) is 0 Å². The van der Waals surface area contributed by atoms with E-state index in [4.69, 9.17) is 9.47 Å². The molecule has 0 radical (unpaired) electrons. The van der Waals surface area contributed by atoms with Crippen LogP contribution in [0.25, 0.3) is 0 Å². The molecule has 5 nitrogen and oxygen atoms in total. The Hall–Kier alpha value is -2.82. The van der Waals surface area contributed by atoms with E-state index in [1.807, 2.05) is 32.0 Å².